The molecule has 0 radical (unpaired) electrons. The number of rotatable bonds is 18. The van der Waals surface area contributed by atoms with Crippen LogP contribution in [-0.2, 0) is 64.3 Å². The molecule has 6 rings (SSSR count). The third kappa shape index (κ3) is 16.1. The Morgan fingerprint density at radius 2 is 0.970 bits per heavy atom. The lowest BCUT2D eigenvalue weighted by atomic mass is 10.1. The van der Waals surface area contributed by atoms with E-state index < -0.39 is 68.6 Å². The summed E-state index contributed by atoms with van der Waals surface area (Å²) in [5.74, 6) is -3.03. The highest BCUT2D eigenvalue weighted by atomic mass is 32.2. The summed E-state index contributed by atoms with van der Waals surface area (Å²) in [6, 6.07) is 24.3. The molecule has 2 aliphatic heterocycles. The van der Waals surface area contributed by atoms with Gasteiger partial charge in [0.25, 0.3) is 23.6 Å². The number of nitrogens with zero attached hydrogens (tertiary/aromatic N) is 2. The Labute approximate surface area is 391 Å². The summed E-state index contributed by atoms with van der Waals surface area (Å²) in [4.78, 5) is 53.1. The Kier molecular flexibility index (Phi) is 20.1. The SMILES string of the molecule is C[C@@H](O)[C@H](NC(=O)c1ccc(S(=O)(=O)Cc2ccc(CN3CCOCC3)cc2)cc1)C(=O)NO.C[C@@H](O)[C@H](NC(=O)c1ccc(S(=O)Cc2ccc(CN3CCOCC3)cc2)cc1)C(=O)NO. The summed E-state index contributed by atoms with van der Waals surface area (Å²) in [6.45, 7) is 10.8. The Balaban J connectivity index is 0.000000251. The minimum absolute atomic E-state index is 0.0571. The van der Waals surface area contributed by atoms with Crippen LogP contribution in [0.2, 0.25) is 0 Å². The Morgan fingerprint density at radius 1 is 0.597 bits per heavy atom. The summed E-state index contributed by atoms with van der Waals surface area (Å²) < 4.78 is 49.2. The summed E-state index contributed by atoms with van der Waals surface area (Å²) in [6.07, 6.45) is -2.45. The fourth-order valence-corrected chi connectivity index (χ4v) is 9.47. The predicted octanol–water partition coefficient (Wildman–Crippen LogP) is 1.29. The lowest BCUT2D eigenvalue weighted by molar-refractivity contribution is -0.134. The summed E-state index contributed by atoms with van der Waals surface area (Å²) in [7, 11) is -4.94. The van der Waals surface area contributed by atoms with Gasteiger partial charge < -0.3 is 30.3 Å². The van der Waals surface area contributed by atoms with Gasteiger partial charge in [0.1, 0.15) is 12.1 Å². The summed E-state index contributed by atoms with van der Waals surface area (Å²) >= 11 is 0. The molecule has 19 nitrogen and oxygen atoms in total. The van der Waals surface area contributed by atoms with E-state index in [9.17, 15) is 42.0 Å². The van der Waals surface area contributed by atoms with Crippen molar-refractivity contribution >= 4 is 44.3 Å². The Morgan fingerprint density at radius 3 is 1.36 bits per heavy atom. The minimum Gasteiger partial charge on any atom is -0.391 e. The number of amides is 4. The summed E-state index contributed by atoms with van der Waals surface area (Å²) in [5, 5.41) is 41.4. The lowest BCUT2D eigenvalue weighted by Crippen LogP contribution is -2.51. The Hall–Kier alpha value is -5.46. The number of sulfone groups is 1. The average Bonchev–Trinajstić information content (AvgIpc) is 3.33. The number of hydrogen-bond donors (Lipinski definition) is 8. The van der Waals surface area contributed by atoms with E-state index in [4.69, 9.17) is 19.9 Å². The molecule has 0 saturated carbocycles. The average molecular weight is 967 g/mol. The first-order valence-corrected chi connectivity index (χ1v) is 24.5. The van der Waals surface area contributed by atoms with Crippen molar-refractivity contribution in [3.63, 3.8) is 0 Å². The van der Waals surface area contributed by atoms with Crippen LogP contribution < -0.4 is 21.6 Å². The smallest absolute Gasteiger partial charge is 0.268 e. The van der Waals surface area contributed by atoms with Crippen LogP contribution in [0.25, 0.3) is 0 Å². The van der Waals surface area contributed by atoms with Crippen LogP contribution in [0.3, 0.4) is 0 Å². The zero-order valence-electron chi connectivity index (χ0n) is 37.2. The quantitative estimate of drug-likeness (QED) is 0.0516. The standard InChI is InChI=1S/C23H29N3O7S.C23H29N3O6S/c1-16(27)21(23(29)25-30)24-22(28)19-6-8-20(9-7-19)34(31,32)15-18-4-2-17(3-5-18)14-26-10-12-33-13-11-26;1-16(27)21(23(29)25-30)24-22(28)19-6-8-20(9-7-19)33(31)15-18-4-2-17(3-5-18)14-26-10-12-32-13-11-26/h2-9,16,21,27,30H,10-15H2,1H3,(H,24,28)(H,25,29);2-9,16,21,27,30H,10-15H2,1H3,(H,24,28)(H,25,29)/t16-,21+;16-,21+,33?/m11/s1. The molecule has 21 heteroatoms. The van der Waals surface area contributed by atoms with Crippen LogP contribution in [0.5, 0.6) is 0 Å². The van der Waals surface area contributed by atoms with Crippen molar-refractivity contribution in [2.45, 2.75) is 72.5 Å². The molecule has 5 atom stereocenters. The minimum atomic E-state index is -3.65. The van der Waals surface area contributed by atoms with Gasteiger partial charge in [-0.1, -0.05) is 48.5 Å². The molecule has 8 N–H and O–H groups in total. The molecule has 0 aliphatic carbocycles. The van der Waals surface area contributed by atoms with Crippen LogP contribution in [0.1, 0.15) is 56.8 Å². The van der Waals surface area contributed by atoms with Gasteiger partial charge >= 0.3 is 0 Å². The molecule has 1 unspecified atom stereocenters. The second-order valence-electron chi connectivity index (χ2n) is 16.0. The first-order valence-electron chi connectivity index (χ1n) is 21.5. The molecule has 0 bridgehead atoms. The zero-order chi connectivity index (χ0) is 48.5. The van der Waals surface area contributed by atoms with E-state index in [1.807, 2.05) is 24.3 Å². The van der Waals surface area contributed by atoms with Crippen LogP contribution in [0.15, 0.2) is 107 Å². The highest BCUT2D eigenvalue weighted by Gasteiger charge is 2.27. The molecule has 0 aromatic heterocycles. The summed E-state index contributed by atoms with van der Waals surface area (Å²) in [5.41, 5.74) is 7.04. The molecule has 0 spiro atoms. The number of ether oxygens (including phenoxy) is 2. The molecule has 2 fully saturated rings. The third-order valence-corrected chi connectivity index (χ3v) is 14.0. The van der Waals surface area contributed by atoms with Gasteiger partial charge in [-0.15, -0.1) is 0 Å². The van der Waals surface area contributed by atoms with Crippen molar-refractivity contribution in [3.8, 4) is 0 Å². The first-order chi connectivity index (χ1) is 32.1. The highest BCUT2D eigenvalue weighted by molar-refractivity contribution is 7.90. The number of nitrogens with one attached hydrogen (secondary N) is 4. The maximum atomic E-state index is 12.8. The van der Waals surface area contributed by atoms with Gasteiger partial charge in [-0.25, -0.2) is 19.4 Å². The molecule has 2 aliphatic rings. The lowest BCUT2D eigenvalue weighted by Gasteiger charge is -2.26. The van der Waals surface area contributed by atoms with E-state index in [1.54, 1.807) is 24.3 Å². The molecule has 2 heterocycles. The van der Waals surface area contributed by atoms with E-state index in [1.165, 1.54) is 66.8 Å². The van der Waals surface area contributed by atoms with Crippen LogP contribution in [-0.4, -0.2) is 144 Å². The molecule has 4 amide bonds. The molecule has 2 saturated heterocycles. The Bertz CT molecular complexity index is 2380. The van der Waals surface area contributed by atoms with E-state index >= 15 is 0 Å². The monoisotopic (exact) mass is 966 g/mol. The number of aliphatic hydroxyl groups is 2. The largest absolute Gasteiger partial charge is 0.391 e. The molecular formula is C46H58N6O13S2. The number of aliphatic hydroxyl groups excluding tert-OH is 2. The second-order valence-corrected chi connectivity index (χ2v) is 19.5. The number of carbonyl (C=O) groups is 4. The van der Waals surface area contributed by atoms with E-state index in [2.05, 4.69) is 32.6 Å². The van der Waals surface area contributed by atoms with Crippen LogP contribution in [0.4, 0.5) is 0 Å². The fourth-order valence-electron chi connectivity index (χ4n) is 7.02. The van der Waals surface area contributed by atoms with E-state index in [-0.39, 0.29) is 21.8 Å². The van der Waals surface area contributed by atoms with Crippen molar-refractivity contribution in [1.82, 2.24) is 31.4 Å². The molecular weight excluding hydrogens is 909 g/mol. The third-order valence-electron chi connectivity index (χ3n) is 10.9. The number of hydrogen-bond acceptors (Lipinski definition) is 15. The molecule has 4 aromatic rings. The second kappa shape index (κ2) is 25.6. The van der Waals surface area contributed by atoms with Gasteiger partial charge in [0.15, 0.2) is 9.84 Å². The van der Waals surface area contributed by atoms with Gasteiger partial charge in [0.05, 0.1) is 65.8 Å². The van der Waals surface area contributed by atoms with Crippen molar-refractivity contribution in [2.24, 2.45) is 0 Å². The first kappa shape index (κ1) is 52.5. The maximum absolute atomic E-state index is 12.8. The number of benzene rings is 4. The topological polar surface area (TPSA) is 273 Å². The number of hydroxylamine groups is 2. The van der Waals surface area contributed by atoms with E-state index in [0.29, 0.717) is 16.2 Å². The van der Waals surface area contributed by atoms with Gasteiger partial charge in [0.2, 0.25) is 0 Å². The highest BCUT2D eigenvalue weighted by Crippen LogP contribution is 2.20. The number of carbonyl (C=O) groups excluding carboxylic acids is 4. The number of morpholine rings is 2. The fraction of sp³-hybridized carbons (Fsp3) is 0.391. The van der Waals surface area contributed by atoms with Crippen molar-refractivity contribution in [1.29, 1.82) is 0 Å². The predicted molar refractivity (Wildman–Crippen MR) is 245 cm³/mol. The van der Waals surface area contributed by atoms with Crippen molar-refractivity contribution < 1.29 is 61.9 Å². The van der Waals surface area contributed by atoms with Gasteiger partial charge in [0, 0.05) is 55.3 Å². The van der Waals surface area contributed by atoms with Crippen LogP contribution in [0, 0.1) is 0 Å². The van der Waals surface area contributed by atoms with Gasteiger partial charge in [-0.05, 0) is 84.6 Å². The zero-order valence-corrected chi connectivity index (χ0v) is 38.8. The van der Waals surface area contributed by atoms with Crippen LogP contribution >= 0.6 is 0 Å². The molecule has 362 valence electrons. The van der Waals surface area contributed by atoms with E-state index in [0.717, 1.165) is 76.8 Å². The van der Waals surface area contributed by atoms with Gasteiger partial charge in [-0.2, -0.15) is 0 Å². The van der Waals surface area contributed by atoms with Gasteiger partial charge in [-0.3, -0.25) is 43.6 Å². The van der Waals surface area contributed by atoms with Crippen molar-refractivity contribution in [2.75, 3.05) is 52.6 Å². The normalized spacial score (nSPS) is 16.7. The van der Waals surface area contributed by atoms with Crippen molar-refractivity contribution in [3.05, 3.63) is 130 Å². The molecule has 67 heavy (non-hydrogen) atoms. The molecule has 4 aromatic carbocycles. The maximum Gasteiger partial charge on any atom is 0.268 e.